The molecule has 0 saturated heterocycles. The largest absolute Gasteiger partial charge is 0.329 e. The van der Waals surface area contributed by atoms with Crippen molar-refractivity contribution in [1.82, 2.24) is 4.90 Å². The highest BCUT2D eigenvalue weighted by Crippen LogP contribution is 2.09. The van der Waals surface area contributed by atoms with Crippen LogP contribution in [0.4, 0.5) is 0 Å². The first-order valence-corrected chi connectivity index (χ1v) is 8.33. The lowest BCUT2D eigenvalue weighted by Crippen LogP contribution is -2.30. The second-order valence-corrected chi connectivity index (χ2v) is 5.67. The maximum atomic E-state index is 5.73. The van der Waals surface area contributed by atoms with E-state index in [4.69, 9.17) is 5.73 Å². The number of hydrogen-bond acceptors (Lipinski definition) is 2. The molecule has 20 heavy (non-hydrogen) atoms. The van der Waals surface area contributed by atoms with Gasteiger partial charge in [-0.25, -0.2) is 0 Å². The van der Waals surface area contributed by atoms with Crippen LogP contribution in [-0.4, -0.2) is 24.5 Å². The van der Waals surface area contributed by atoms with Crippen molar-refractivity contribution < 1.29 is 0 Å². The van der Waals surface area contributed by atoms with Gasteiger partial charge in [-0.2, -0.15) is 0 Å². The van der Waals surface area contributed by atoms with Gasteiger partial charge in [-0.1, -0.05) is 75.8 Å². The van der Waals surface area contributed by atoms with Crippen LogP contribution in [0.15, 0.2) is 30.3 Å². The van der Waals surface area contributed by atoms with Crippen LogP contribution >= 0.6 is 0 Å². The van der Waals surface area contributed by atoms with Crippen molar-refractivity contribution in [2.45, 2.75) is 58.4 Å². The Kier molecular flexibility index (Phi) is 10.3. The minimum Gasteiger partial charge on any atom is -0.329 e. The number of benzene rings is 1. The molecule has 0 unspecified atom stereocenters. The Labute approximate surface area is 125 Å². The van der Waals surface area contributed by atoms with E-state index in [0.717, 1.165) is 19.6 Å². The molecule has 0 amide bonds. The molecule has 2 N–H and O–H groups in total. The molecule has 0 atom stereocenters. The van der Waals surface area contributed by atoms with Gasteiger partial charge >= 0.3 is 0 Å². The number of hydrogen-bond donors (Lipinski definition) is 1. The molecule has 114 valence electrons. The van der Waals surface area contributed by atoms with Gasteiger partial charge in [0.05, 0.1) is 0 Å². The van der Waals surface area contributed by atoms with E-state index >= 15 is 0 Å². The molecular weight excluding hydrogens is 244 g/mol. The van der Waals surface area contributed by atoms with Gasteiger partial charge in [0.15, 0.2) is 0 Å². The number of rotatable bonds is 12. The van der Waals surface area contributed by atoms with Crippen LogP contribution in [0.1, 0.15) is 57.4 Å². The molecule has 1 rings (SSSR count). The molecule has 1 aromatic carbocycles. The van der Waals surface area contributed by atoms with Gasteiger partial charge in [0.2, 0.25) is 0 Å². The smallest absolute Gasteiger partial charge is 0.0234 e. The predicted molar refractivity (Wildman–Crippen MR) is 88.8 cm³/mol. The minimum atomic E-state index is 0.753. The van der Waals surface area contributed by atoms with Crippen LogP contribution in [0.3, 0.4) is 0 Å². The van der Waals surface area contributed by atoms with E-state index in [-0.39, 0.29) is 0 Å². The minimum absolute atomic E-state index is 0.753. The first kappa shape index (κ1) is 17.2. The van der Waals surface area contributed by atoms with Gasteiger partial charge in [-0.15, -0.1) is 0 Å². The molecule has 0 aliphatic carbocycles. The van der Waals surface area contributed by atoms with E-state index in [1.165, 1.54) is 57.1 Å². The third kappa shape index (κ3) is 8.34. The average Bonchev–Trinajstić information content (AvgIpc) is 2.47. The second kappa shape index (κ2) is 11.9. The topological polar surface area (TPSA) is 29.3 Å². The third-order valence-electron chi connectivity index (χ3n) is 3.77. The molecule has 1 aromatic rings. The Morgan fingerprint density at radius 3 is 2.15 bits per heavy atom. The summed E-state index contributed by atoms with van der Waals surface area (Å²) >= 11 is 0. The summed E-state index contributed by atoms with van der Waals surface area (Å²) in [6, 6.07) is 10.7. The SMILES string of the molecule is CCCCCCCCCN(CCN)Cc1ccccc1. The van der Waals surface area contributed by atoms with Crippen molar-refractivity contribution in [3.8, 4) is 0 Å². The number of nitrogens with two attached hydrogens (primary N) is 1. The Hall–Kier alpha value is -0.860. The summed E-state index contributed by atoms with van der Waals surface area (Å²) in [4.78, 5) is 2.49. The average molecular weight is 276 g/mol. The van der Waals surface area contributed by atoms with Gasteiger partial charge in [0, 0.05) is 19.6 Å². The predicted octanol–water partition coefficient (Wildman–Crippen LogP) is 4.20. The third-order valence-corrected chi connectivity index (χ3v) is 3.77. The highest BCUT2D eigenvalue weighted by Gasteiger charge is 2.04. The summed E-state index contributed by atoms with van der Waals surface area (Å²) in [6.07, 6.45) is 9.60. The Morgan fingerprint density at radius 1 is 0.850 bits per heavy atom. The summed E-state index contributed by atoms with van der Waals surface area (Å²) in [7, 11) is 0. The van der Waals surface area contributed by atoms with E-state index in [2.05, 4.69) is 42.2 Å². The standard InChI is InChI=1S/C18H32N2/c1-2-3-4-5-6-7-11-15-20(16-14-19)17-18-12-9-8-10-13-18/h8-10,12-13H,2-7,11,14-17,19H2,1H3. The molecule has 0 bridgehead atoms. The zero-order chi connectivity index (χ0) is 14.5. The summed E-state index contributed by atoms with van der Waals surface area (Å²) in [5, 5.41) is 0. The molecular formula is C18H32N2. The van der Waals surface area contributed by atoms with Crippen molar-refractivity contribution in [2.75, 3.05) is 19.6 Å². The summed E-state index contributed by atoms with van der Waals surface area (Å²) in [5.41, 5.74) is 7.12. The number of unbranched alkanes of at least 4 members (excludes halogenated alkanes) is 6. The first-order chi connectivity index (χ1) is 9.86. The Balaban J connectivity index is 2.15. The van der Waals surface area contributed by atoms with Gasteiger partial charge in [0.1, 0.15) is 0 Å². The molecule has 0 saturated carbocycles. The fourth-order valence-electron chi connectivity index (χ4n) is 2.59. The summed E-state index contributed by atoms with van der Waals surface area (Å²) in [5.74, 6) is 0. The van der Waals surface area contributed by atoms with Gasteiger partial charge in [-0.05, 0) is 18.5 Å². The normalized spacial score (nSPS) is 11.2. The molecule has 0 heterocycles. The number of nitrogens with zero attached hydrogens (tertiary/aromatic N) is 1. The fraction of sp³-hybridized carbons (Fsp3) is 0.667. The van der Waals surface area contributed by atoms with Gasteiger partial charge in [0.25, 0.3) is 0 Å². The van der Waals surface area contributed by atoms with E-state index in [1.54, 1.807) is 0 Å². The highest BCUT2D eigenvalue weighted by atomic mass is 15.1. The van der Waals surface area contributed by atoms with E-state index < -0.39 is 0 Å². The monoisotopic (exact) mass is 276 g/mol. The van der Waals surface area contributed by atoms with E-state index in [0.29, 0.717) is 0 Å². The lowest BCUT2D eigenvalue weighted by molar-refractivity contribution is 0.265. The van der Waals surface area contributed by atoms with Crippen molar-refractivity contribution in [1.29, 1.82) is 0 Å². The molecule has 0 aliphatic rings. The van der Waals surface area contributed by atoms with Crippen molar-refractivity contribution in [3.63, 3.8) is 0 Å². The van der Waals surface area contributed by atoms with Crippen LogP contribution in [0.5, 0.6) is 0 Å². The van der Waals surface area contributed by atoms with Crippen molar-refractivity contribution in [3.05, 3.63) is 35.9 Å². The molecule has 0 fully saturated rings. The van der Waals surface area contributed by atoms with Crippen LogP contribution in [-0.2, 0) is 6.54 Å². The van der Waals surface area contributed by atoms with Crippen molar-refractivity contribution in [2.24, 2.45) is 5.73 Å². The zero-order valence-corrected chi connectivity index (χ0v) is 13.2. The molecule has 2 heteroatoms. The molecule has 0 aromatic heterocycles. The van der Waals surface area contributed by atoms with Gasteiger partial charge < -0.3 is 5.73 Å². The van der Waals surface area contributed by atoms with Gasteiger partial charge in [-0.3, -0.25) is 4.90 Å². The maximum absolute atomic E-state index is 5.73. The Bertz CT molecular complexity index is 310. The summed E-state index contributed by atoms with van der Waals surface area (Å²) < 4.78 is 0. The van der Waals surface area contributed by atoms with Crippen LogP contribution in [0, 0.1) is 0 Å². The quantitative estimate of drug-likeness (QED) is 0.580. The molecule has 0 aliphatic heterocycles. The summed E-state index contributed by atoms with van der Waals surface area (Å²) in [6.45, 7) is 6.25. The van der Waals surface area contributed by atoms with Crippen LogP contribution < -0.4 is 5.73 Å². The lowest BCUT2D eigenvalue weighted by atomic mass is 10.1. The fourth-order valence-corrected chi connectivity index (χ4v) is 2.59. The second-order valence-electron chi connectivity index (χ2n) is 5.67. The van der Waals surface area contributed by atoms with Crippen LogP contribution in [0.2, 0.25) is 0 Å². The Morgan fingerprint density at radius 2 is 1.50 bits per heavy atom. The first-order valence-electron chi connectivity index (χ1n) is 8.33. The lowest BCUT2D eigenvalue weighted by Gasteiger charge is -2.21. The molecule has 2 nitrogen and oxygen atoms in total. The van der Waals surface area contributed by atoms with E-state index in [1.807, 2.05) is 0 Å². The van der Waals surface area contributed by atoms with Crippen LogP contribution in [0.25, 0.3) is 0 Å². The maximum Gasteiger partial charge on any atom is 0.0234 e. The zero-order valence-electron chi connectivity index (χ0n) is 13.2. The van der Waals surface area contributed by atoms with Crippen molar-refractivity contribution >= 4 is 0 Å². The van der Waals surface area contributed by atoms with E-state index in [9.17, 15) is 0 Å². The molecule has 0 spiro atoms. The highest BCUT2D eigenvalue weighted by molar-refractivity contribution is 5.14. The molecule has 0 radical (unpaired) electrons.